The molecule has 2 aliphatic heterocycles. The standard InChI is InChI=1S/C16H23ClN2O2.2ClH/c17-13-1-2-15(20)14(11-13)16(12-3-9-21-10-4-12)19-7-5-18-6-8-19;;/h1-2,11-12,16,18,20H,3-10H2;2*1H/t16-;;/m0../s1. The minimum atomic E-state index is 0. The van der Waals surface area contributed by atoms with E-state index in [9.17, 15) is 5.11 Å². The summed E-state index contributed by atoms with van der Waals surface area (Å²) in [7, 11) is 0. The second-order valence-electron chi connectivity index (χ2n) is 5.88. The number of phenols is 1. The third-order valence-electron chi connectivity index (χ3n) is 4.57. The lowest BCUT2D eigenvalue weighted by molar-refractivity contribution is 0.0206. The van der Waals surface area contributed by atoms with Gasteiger partial charge in [-0.1, -0.05) is 11.6 Å². The minimum absolute atomic E-state index is 0. The van der Waals surface area contributed by atoms with E-state index < -0.39 is 0 Å². The first-order valence-electron chi connectivity index (χ1n) is 7.76. The Kier molecular flexibility index (Phi) is 8.98. The van der Waals surface area contributed by atoms with Crippen molar-refractivity contribution in [1.82, 2.24) is 10.2 Å². The number of nitrogens with zero attached hydrogens (tertiary/aromatic N) is 1. The van der Waals surface area contributed by atoms with Gasteiger partial charge in [0.15, 0.2) is 0 Å². The van der Waals surface area contributed by atoms with Crippen LogP contribution in [0.4, 0.5) is 0 Å². The van der Waals surface area contributed by atoms with Crippen molar-refractivity contribution in [2.45, 2.75) is 18.9 Å². The summed E-state index contributed by atoms with van der Waals surface area (Å²) in [5.74, 6) is 0.871. The van der Waals surface area contributed by atoms with Gasteiger partial charge in [0.1, 0.15) is 5.75 Å². The fourth-order valence-corrected chi connectivity index (χ4v) is 3.68. The Hall–Kier alpha value is -0.230. The van der Waals surface area contributed by atoms with Crippen LogP contribution in [0.25, 0.3) is 0 Å². The van der Waals surface area contributed by atoms with E-state index >= 15 is 0 Å². The fraction of sp³-hybridized carbons (Fsp3) is 0.625. The molecule has 3 rings (SSSR count). The van der Waals surface area contributed by atoms with Crippen LogP contribution in [0.2, 0.25) is 5.02 Å². The monoisotopic (exact) mass is 382 g/mol. The molecule has 1 atom stereocenters. The van der Waals surface area contributed by atoms with Gasteiger partial charge in [-0.2, -0.15) is 0 Å². The highest BCUT2D eigenvalue weighted by atomic mass is 35.5. The molecular formula is C16H25Cl3N2O2. The van der Waals surface area contributed by atoms with Gasteiger partial charge in [-0.3, -0.25) is 4.90 Å². The Balaban J connectivity index is 0.00000132. The number of piperazine rings is 1. The molecular weight excluding hydrogens is 359 g/mol. The second kappa shape index (κ2) is 9.92. The van der Waals surface area contributed by atoms with Crippen LogP contribution in [-0.4, -0.2) is 49.4 Å². The van der Waals surface area contributed by atoms with Crippen molar-refractivity contribution in [1.29, 1.82) is 0 Å². The Morgan fingerprint density at radius 2 is 1.83 bits per heavy atom. The van der Waals surface area contributed by atoms with Crippen LogP contribution in [-0.2, 0) is 4.74 Å². The van der Waals surface area contributed by atoms with Gasteiger partial charge < -0.3 is 15.2 Å². The van der Waals surface area contributed by atoms with Crippen molar-refractivity contribution in [3.63, 3.8) is 0 Å². The maximum Gasteiger partial charge on any atom is 0.120 e. The van der Waals surface area contributed by atoms with E-state index in [4.69, 9.17) is 16.3 Å². The number of ether oxygens (including phenoxy) is 1. The molecule has 0 aliphatic carbocycles. The molecule has 7 heteroatoms. The molecule has 0 aromatic heterocycles. The lowest BCUT2D eigenvalue weighted by atomic mass is 9.85. The van der Waals surface area contributed by atoms with Gasteiger partial charge >= 0.3 is 0 Å². The molecule has 2 saturated heterocycles. The van der Waals surface area contributed by atoms with E-state index in [1.54, 1.807) is 12.1 Å². The molecule has 2 N–H and O–H groups in total. The topological polar surface area (TPSA) is 44.7 Å². The molecule has 2 heterocycles. The molecule has 1 aromatic rings. The Morgan fingerprint density at radius 3 is 2.48 bits per heavy atom. The molecule has 4 nitrogen and oxygen atoms in total. The van der Waals surface area contributed by atoms with Crippen molar-refractivity contribution in [3.05, 3.63) is 28.8 Å². The highest BCUT2D eigenvalue weighted by Gasteiger charge is 2.32. The molecule has 2 fully saturated rings. The van der Waals surface area contributed by atoms with Crippen molar-refractivity contribution in [2.75, 3.05) is 39.4 Å². The van der Waals surface area contributed by atoms with Gasteiger partial charge in [0, 0.05) is 56.0 Å². The first kappa shape index (κ1) is 20.8. The number of rotatable bonds is 3. The normalized spacial score (nSPS) is 21.1. The number of halogens is 3. The van der Waals surface area contributed by atoms with Gasteiger partial charge in [-0.05, 0) is 37.0 Å². The number of aromatic hydroxyl groups is 1. The molecule has 0 radical (unpaired) electrons. The van der Waals surface area contributed by atoms with Gasteiger partial charge in [0.05, 0.1) is 0 Å². The fourth-order valence-electron chi connectivity index (χ4n) is 3.50. The Morgan fingerprint density at radius 1 is 1.17 bits per heavy atom. The van der Waals surface area contributed by atoms with Crippen molar-refractivity contribution in [3.8, 4) is 5.75 Å². The van der Waals surface area contributed by atoms with Gasteiger partial charge in [-0.25, -0.2) is 0 Å². The average molecular weight is 384 g/mol. The van der Waals surface area contributed by atoms with E-state index in [0.717, 1.165) is 57.8 Å². The summed E-state index contributed by atoms with van der Waals surface area (Å²) in [6, 6.07) is 5.62. The number of phenolic OH excluding ortho intramolecular Hbond substituents is 1. The van der Waals surface area contributed by atoms with Crippen LogP contribution in [0.3, 0.4) is 0 Å². The minimum Gasteiger partial charge on any atom is -0.508 e. The lowest BCUT2D eigenvalue weighted by Gasteiger charge is -2.41. The molecule has 1 aromatic carbocycles. The largest absolute Gasteiger partial charge is 0.508 e. The van der Waals surface area contributed by atoms with Crippen LogP contribution in [0, 0.1) is 5.92 Å². The number of hydrogen-bond donors (Lipinski definition) is 2. The van der Waals surface area contributed by atoms with E-state index in [0.29, 0.717) is 16.7 Å². The maximum absolute atomic E-state index is 10.3. The number of hydrogen-bond acceptors (Lipinski definition) is 4. The Bertz CT molecular complexity index is 460. The summed E-state index contributed by atoms with van der Waals surface area (Å²) < 4.78 is 5.51. The predicted octanol–water partition coefficient (Wildman–Crippen LogP) is 3.26. The van der Waals surface area contributed by atoms with E-state index in [1.165, 1.54) is 0 Å². The summed E-state index contributed by atoms with van der Waals surface area (Å²) in [6.07, 6.45) is 2.08. The van der Waals surface area contributed by atoms with E-state index in [2.05, 4.69) is 10.2 Å². The van der Waals surface area contributed by atoms with Gasteiger partial charge in [0.25, 0.3) is 0 Å². The smallest absolute Gasteiger partial charge is 0.120 e. The van der Waals surface area contributed by atoms with Gasteiger partial charge in [-0.15, -0.1) is 24.8 Å². The average Bonchev–Trinajstić information content (AvgIpc) is 2.53. The zero-order chi connectivity index (χ0) is 14.7. The third-order valence-corrected chi connectivity index (χ3v) is 4.80. The highest BCUT2D eigenvalue weighted by Crippen LogP contribution is 2.40. The summed E-state index contributed by atoms with van der Waals surface area (Å²) >= 11 is 6.17. The maximum atomic E-state index is 10.3. The number of nitrogens with one attached hydrogen (secondary N) is 1. The first-order valence-corrected chi connectivity index (χ1v) is 8.14. The van der Waals surface area contributed by atoms with Crippen LogP contribution in [0.1, 0.15) is 24.4 Å². The van der Waals surface area contributed by atoms with E-state index in [1.807, 2.05) is 6.07 Å². The van der Waals surface area contributed by atoms with Crippen LogP contribution < -0.4 is 5.32 Å². The molecule has 23 heavy (non-hydrogen) atoms. The molecule has 0 spiro atoms. The summed E-state index contributed by atoms with van der Waals surface area (Å²) in [5, 5.41) is 14.4. The predicted molar refractivity (Wildman–Crippen MR) is 98.3 cm³/mol. The second-order valence-corrected chi connectivity index (χ2v) is 6.32. The summed E-state index contributed by atoms with van der Waals surface area (Å²) in [6.45, 7) is 5.65. The summed E-state index contributed by atoms with van der Waals surface area (Å²) in [5.41, 5.74) is 0.969. The molecule has 0 saturated carbocycles. The van der Waals surface area contributed by atoms with E-state index in [-0.39, 0.29) is 30.9 Å². The van der Waals surface area contributed by atoms with Crippen molar-refractivity contribution >= 4 is 36.4 Å². The quantitative estimate of drug-likeness (QED) is 0.841. The van der Waals surface area contributed by atoms with Crippen LogP contribution >= 0.6 is 36.4 Å². The molecule has 0 bridgehead atoms. The summed E-state index contributed by atoms with van der Waals surface area (Å²) in [4.78, 5) is 2.48. The zero-order valence-corrected chi connectivity index (χ0v) is 15.4. The SMILES string of the molecule is Cl.Cl.Oc1ccc(Cl)cc1[C@H](C1CCOCC1)N1CCNCC1. The molecule has 0 amide bonds. The number of benzene rings is 1. The van der Waals surface area contributed by atoms with Crippen molar-refractivity contribution in [2.24, 2.45) is 5.92 Å². The van der Waals surface area contributed by atoms with Gasteiger partial charge in [0.2, 0.25) is 0 Å². The highest BCUT2D eigenvalue weighted by molar-refractivity contribution is 6.30. The molecule has 0 unspecified atom stereocenters. The third kappa shape index (κ3) is 5.12. The van der Waals surface area contributed by atoms with Crippen LogP contribution in [0.5, 0.6) is 5.75 Å². The lowest BCUT2D eigenvalue weighted by Crippen LogP contribution is -2.47. The zero-order valence-electron chi connectivity index (χ0n) is 13.0. The molecule has 2 aliphatic rings. The van der Waals surface area contributed by atoms with Crippen molar-refractivity contribution < 1.29 is 9.84 Å². The molecule has 132 valence electrons. The Labute approximate surface area is 155 Å². The van der Waals surface area contributed by atoms with Crippen LogP contribution in [0.15, 0.2) is 18.2 Å². The first-order chi connectivity index (χ1) is 10.3.